The molecule has 3 aromatic rings. The second-order valence-electron chi connectivity index (χ2n) is 9.79. The van der Waals surface area contributed by atoms with Crippen molar-refractivity contribution in [3.63, 3.8) is 0 Å². The average molecular weight is 514 g/mol. The Morgan fingerprint density at radius 1 is 1.08 bits per heavy atom. The molecule has 0 spiro atoms. The summed E-state index contributed by atoms with van der Waals surface area (Å²) in [5.41, 5.74) is 2.16. The van der Waals surface area contributed by atoms with Crippen LogP contribution in [0.3, 0.4) is 0 Å². The SMILES string of the molecule is COCCCN(CC(=O)Nc1cc(C(C)(C)C)nn1-c1cccc(C)c1)C(=O)Nc1ccc(F)cc1F. The van der Waals surface area contributed by atoms with Crippen molar-refractivity contribution in [2.45, 2.75) is 39.5 Å². The van der Waals surface area contributed by atoms with Gasteiger partial charge in [-0.3, -0.25) is 4.79 Å². The highest BCUT2D eigenvalue weighted by Gasteiger charge is 2.23. The molecule has 0 unspecified atom stereocenters. The van der Waals surface area contributed by atoms with Crippen molar-refractivity contribution in [3.8, 4) is 5.69 Å². The molecule has 0 aliphatic heterocycles. The van der Waals surface area contributed by atoms with Crippen LogP contribution < -0.4 is 10.6 Å². The number of carbonyl (C=O) groups is 2. The Morgan fingerprint density at radius 3 is 2.49 bits per heavy atom. The Morgan fingerprint density at radius 2 is 1.84 bits per heavy atom. The van der Waals surface area contributed by atoms with E-state index in [0.717, 1.165) is 29.1 Å². The summed E-state index contributed by atoms with van der Waals surface area (Å²) in [6.45, 7) is 8.29. The number of benzene rings is 2. The van der Waals surface area contributed by atoms with Gasteiger partial charge in [-0.05, 0) is 43.2 Å². The molecule has 1 aromatic heterocycles. The molecule has 0 aliphatic carbocycles. The zero-order valence-corrected chi connectivity index (χ0v) is 21.8. The molecule has 2 N–H and O–H groups in total. The number of rotatable bonds is 9. The molecule has 0 saturated carbocycles. The van der Waals surface area contributed by atoms with Gasteiger partial charge in [-0.1, -0.05) is 32.9 Å². The lowest BCUT2D eigenvalue weighted by Gasteiger charge is -2.23. The highest BCUT2D eigenvalue weighted by molar-refractivity contribution is 5.96. The molecule has 0 fully saturated rings. The van der Waals surface area contributed by atoms with Gasteiger partial charge in [0.2, 0.25) is 5.91 Å². The lowest BCUT2D eigenvalue weighted by atomic mass is 9.92. The third-order valence-electron chi connectivity index (χ3n) is 5.56. The summed E-state index contributed by atoms with van der Waals surface area (Å²) in [6.07, 6.45) is 0.457. The monoisotopic (exact) mass is 513 g/mol. The van der Waals surface area contributed by atoms with Gasteiger partial charge in [0.05, 0.1) is 17.1 Å². The van der Waals surface area contributed by atoms with Crippen molar-refractivity contribution >= 4 is 23.4 Å². The summed E-state index contributed by atoms with van der Waals surface area (Å²) < 4.78 is 34.0. The standard InChI is InChI=1S/C27H33F2N5O3/c1-18-8-6-9-20(14-18)34-24(16-23(32-34)27(2,3)4)31-25(35)17-33(12-7-13-37-5)26(36)30-22-11-10-19(28)15-21(22)29/h6,8-11,14-16H,7,12-13,17H2,1-5H3,(H,30,36)(H,31,35). The van der Waals surface area contributed by atoms with Crippen LogP contribution in [0.1, 0.15) is 38.4 Å². The molecule has 2 aromatic carbocycles. The second-order valence-corrected chi connectivity index (χ2v) is 9.79. The Hall–Kier alpha value is -3.79. The normalized spacial score (nSPS) is 11.3. The van der Waals surface area contributed by atoms with Gasteiger partial charge in [0.15, 0.2) is 0 Å². The van der Waals surface area contributed by atoms with Crippen LogP contribution in [-0.4, -0.2) is 53.4 Å². The Bertz CT molecular complexity index is 1250. The van der Waals surface area contributed by atoms with Crippen molar-refractivity contribution < 1.29 is 23.1 Å². The van der Waals surface area contributed by atoms with Crippen LogP contribution in [0.15, 0.2) is 48.5 Å². The van der Waals surface area contributed by atoms with Gasteiger partial charge in [-0.25, -0.2) is 18.3 Å². The third-order valence-corrected chi connectivity index (χ3v) is 5.56. The topological polar surface area (TPSA) is 88.5 Å². The second kappa shape index (κ2) is 12.0. The number of methoxy groups -OCH3 is 1. The zero-order valence-electron chi connectivity index (χ0n) is 21.8. The molecule has 0 saturated heterocycles. The number of aromatic nitrogens is 2. The maximum absolute atomic E-state index is 14.1. The van der Waals surface area contributed by atoms with Crippen LogP contribution >= 0.6 is 0 Å². The summed E-state index contributed by atoms with van der Waals surface area (Å²) in [7, 11) is 1.53. The summed E-state index contributed by atoms with van der Waals surface area (Å²) in [4.78, 5) is 27.3. The van der Waals surface area contributed by atoms with Crippen molar-refractivity contribution in [1.29, 1.82) is 0 Å². The molecule has 0 radical (unpaired) electrons. The number of aryl methyl sites for hydroxylation is 1. The predicted octanol–water partition coefficient (Wildman–Crippen LogP) is 5.27. The van der Waals surface area contributed by atoms with E-state index in [9.17, 15) is 18.4 Å². The Kier molecular flexibility index (Phi) is 8.99. The van der Waals surface area contributed by atoms with Gasteiger partial charge in [0.25, 0.3) is 0 Å². The van der Waals surface area contributed by atoms with E-state index < -0.39 is 23.6 Å². The molecule has 3 amide bonds. The van der Waals surface area contributed by atoms with Gasteiger partial charge in [0, 0.05) is 37.8 Å². The highest BCUT2D eigenvalue weighted by atomic mass is 19.1. The van der Waals surface area contributed by atoms with E-state index in [2.05, 4.69) is 10.6 Å². The molecule has 0 atom stereocenters. The number of anilines is 2. The van der Waals surface area contributed by atoms with Crippen molar-refractivity contribution in [2.24, 2.45) is 0 Å². The minimum Gasteiger partial charge on any atom is -0.385 e. The quantitative estimate of drug-likeness (QED) is 0.382. The fourth-order valence-electron chi connectivity index (χ4n) is 3.59. The Balaban J connectivity index is 1.82. The maximum Gasteiger partial charge on any atom is 0.322 e. The van der Waals surface area contributed by atoms with E-state index in [1.54, 1.807) is 4.68 Å². The number of urea groups is 1. The van der Waals surface area contributed by atoms with E-state index in [4.69, 9.17) is 9.84 Å². The highest BCUT2D eigenvalue weighted by Crippen LogP contribution is 2.26. The first-order chi connectivity index (χ1) is 17.5. The van der Waals surface area contributed by atoms with Gasteiger partial charge in [0.1, 0.15) is 24.0 Å². The first kappa shape index (κ1) is 27.8. The summed E-state index contributed by atoms with van der Waals surface area (Å²) >= 11 is 0. The van der Waals surface area contributed by atoms with Gasteiger partial charge >= 0.3 is 6.03 Å². The summed E-state index contributed by atoms with van der Waals surface area (Å²) in [5, 5.41) is 9.99. The fourth-order valence-corrected chi connectivity index (χ4v) is 3.59. The van der Waals surface area contributed by atoms with Gasteiger partial charge in [-0.2, -0.15) is 5.10 Å². The smallest absolute Gasteiger partial charge is 0.322 e. The number of nitrogens with one attached hydrogen (secondary N) is 2. The van der Waals surface area contributed by atoms with Crippen molar-refractivity contribution in [2.75, 3.05) is 37.4 Å². The summed E-state index contributed by atoms with van der Waals surface area (Å²) in [5.74, 6) is -1.66. The number of amides is 3. The molecule has 1 heterocycles. The number of hydrogen-bond donors (Lipinski definition) is 2. The van der Waals surface area contributed by atoms with Crippen LogP contribution in [0.5, 0.6) is 0 Å². The van der Waals surface area contributed by atoms with Gasteiger partial charge < -0.3 is 20.3 Å². The van der Waals surface area contributed by atoms with E-state index in [0.29, 0.717) is 24.9 Å². The molecular weight excluding hydrogens is 480 g/mol. The number of hydrogen-bond acceptors (Lipinski definition) is 4. The van der Waals surface area contributed by atoms with E-state index in [1.807, 2.05) is 58.0 Å². The van der Waals surface area contributed by atoms with E-state index in [-0.39, 0.29) is 24.2 Å². The predicted molar refractivity (Wildman–Crippen MR) is 139 cm³/mol. The zero-order chi connectivity index (χ0) is 27.2. The molecule has 10 heteroatoms. The number of carbonyl (C=O) groups excluding carboxylic acids is 2. The molecule has 3 rings (SSSR count). The lowest BCUT2D eigenvalue weighted by molar-refractivity contribution is -0.116. The molecule has 0 aliphatic rings. The van der Waals surface area contributed by atoms with Crippen molar-refractivity contribution in [3.05, 3.63) is 71.4 Å². The lowest BCUT2D eigenvalue weighted by Crippen LogP contribution is -2.41. The third kappa shape index (κ3) is 7.60. The van der Waals surface area contributed by atoms with Crippen LogP contribution in [0.2, 0.25) is 0 Å². The van der Waals surface area contributed by atoms with Crippen LogP contribution in [0.4, 0.5) is 25.1 Å². The minimum atomic E-state index is -0.911. The maximum atomic E-state index is 14.1. The average Bonchev–Trinajstić information content (AvgIpc) is 3.24. The van der Waals surface area contributed by atoms with Crippen LogP contribution in [-0.2, 0) is 14.9 Å². The molecule has 8 nitrogen and oxygen atoms in total. The Labute approximate surface area is 215 Å². The largest absolute Gasteiger partial charge is 0.385 e. The van der Waals surface area contributed by atoms with Gasteiger partial charge in [-0.15, -0.1) is 0 Å². The molecule has 198 valence electrons. The number of halogens is 2. The fraction of sp³-hybridized carbons (Fsp3) is 0.370. The molecular formula is C27H33F2N5O3. The van der Waals surface area contributed by atoms with E-state index in [1.165, 1.54) is 12.0 Å². The van der Waals surface area contributed by atoms with Crippen LogP contribution in [0.25, 0.3) is 5.69 Å². The first-order valence-electron chi connectivity index (χ1n) is 12.0. The minimum absolute atomic E-state index is 0.181. The summed E-state index contributed by atoms with van der Waals surface area (Å²) in [6, 6.07) is 11.7. The number of ether oxygens (including phenoxy) is 1. The van der Waals surface area contributed by atoms with Crippen molar-refractivity contribution in [1.82, 2.24) is 14.7 Å². The van der Waals surface area contributed by atoms with E-state index >= 15 is 0 Å². The molecule has 37 heavy (non-hydrogen) atoms. The first-order valence-corrected chi connectivity index (χ1v) is 12.0. The number of nitrogens with zero attached hydrogens (tertiary/aromatic N) is 3. The molecule has 0 bridgehead atoms. The van der Waals surface area contributed by atoms with Crippen LogP contribution in [0, 0.1) is 18.6 Å².